The van der Waals surface area contributed by atoms with E-state index in [2.05, 4.69) is 25.3 Å². The van der Waals surface area contributed by atoms with Crippen LogP contribution >= 0.6 is 11.3 Å². The lowest BCUT2D eigenvalue weighted by Crippen LogP contribution is -2.31. The summed E-state index contributed by atoms with van der Waals surface area (Å²) in [6.07, 6.45) is -4.78. The van der Waals surface area contributed by atoms with E-state index in [1.165, 1.54) is 35.2 Å². The van der Waals surface area contributed by atoms with Gasteiger partial charge < -0.3 is 34.7 Å². The molecule has 15 heteroatoms. The molecule has 0 aliphatic rings. The van der Waals surface area contributed by atoms with Crippen LogP contribution in [0.5, 0.6) is 5.75 Å². The van der Waals surface area contributed by atoms with Crippen molar-refractivity contribution in [1.29, 1.82) is 0 Å². The number of alkyl halides is 3. The number of halogens is 3. The fourth-order valence-corrected chi connectivity index (χ4v) is 4.13. The molecule has 0 atom stereocenters. The van der Waals surface area contributed by atoms with Crippen LogP contribution in [0, 0.1) is 0 Å². The normalized spacial score (nSPS) is 11.1. The van der Waals surface area contributed by atoms with Gasteiger partial charge in [0.15, 0.2) is 5.13 Å². The van der Waals surface area contributed by atoms with Gasteiger partial charge in [0.2, 0.25) is 5.95 Å². The fourth-order valence-electron chi connectivity index (χ4n) is 3.24. The third-order valence-electron chi connectivity index (χ3n) is 4.95. The van der Waals surface area contributed by atoms with Crippen LogP contribution in [-0.2, 0) is 11.3 Å². The Morgan fingerprint density at radius 1 is 1.13 bits per heavy atom. The summed E-state index contributed by atoms with van der Waals surface area (Å²) in [6, 6.07) is 8.43. The summed E-state index contributed by atoms with van der Waals surface area (Å²) in [4.78, 5) is 31.9. The van der Waals surface area contributed by atoms with Crippen LogP contribution in [0.4, 0.5) is 29.0 Å². The molecule has 2 aromatic carbocycles. The van der Waals surface area contributed by atoms with Gasteiger partial charge in [-0.15, -0.1) is 13.2 Å². The van der Waals surface area contributed by atoms with Crippen LogP contribution in [0.25, 0.3) is 21.3 Å². The maximum Gasteiger partial charge on any atom is 0.573 e. The number of benzene rings is 2. The van der Waals surface area contributed by atoms with Crippen molar-refractivity contribution in [3.05, 3.63) is 42.0 Å². The molecule has 0 unspecified atom stereocenters. The van der Waals surface area contributed by atoms with E-state index in [9.17, 15) is 27.9 Å². The van der Waals surface area contributed by atoms with Gasteiger partial charge in [0.05, 0.1) is 33.4 Å². The van der Waals surface area contributed by atoms with Crippen LogP contribution < -0.4 is 15.4 Å². The highest BCUT2D eigenvalue weighted by Crippen LogP contribution is 2.33. The molecule has 2 aromatic heterocycles. The Labute approximate surface area is 218 Å². The monoisotopic (exact) mass is 554 g/mol. The van der Waals surface area contributed by atoms with Gasteiger partial charge >= 0.3 is 18.4 Å². The molecule has 204 valence electrons. The van der Waals surface area contributed by atoms with Crippen molar-refractivity contribution in [3.63, 3.8) is 0 Å². The van der Waals surface area contributed by atoms with Gasteiger partial charge in [0, 0.05) is 40.9 Å². The quantitative estimate of drug-likeness (QED) is 0.304. The average Bonchev–Trinajstić information content (AvgIpc) is 3.40. The molecule has 0 bridgehead atoms. The number of nitrogens with zero attached hydrogens (tertiary/aromatic N) is 4. The number of rotatable bonds is 7. The number of carbonyl (C=O) groups is 2. The third kappa shape index (κ3) is 7.23. The number of carboxylic acids is 1. The molecule has 3 N–H and O–H groups in total. The molecule has 0 aliphatic carbocycles. The zero-order valence-electron chi connectivity index (χ0n) is 20.8. The summed E-state index contributed by atoms with van der Waals surface area (Å²) in [6.45, 7) is 0.828. The molecule has 0 saturated carbocycles. The topological polar surface area (TPSA) is 131 Å². The largest absolute Gasteiger partial charge is 0.573 e. The minimum Gasteiger partial charge on any atom is -0.478 e. The molecule has 0 spiro atoms. The lowest BCUT2D eigenvalue weighted by molar-refractivity contribution is -0.274. The van der Waals surface area contributed by atoms with Gasteiger partial charge in [-0.1, -0.05) is 11.3 Å². The number of fused-ring (bicyclic) bond motifs is 2. The van der Waals surface area contributed by atoms with Crippen molar-refractivity contribution >= 4 is 55.7 Å². The highest BCUT2D eigenvalue weighted by molar-refractivity contribution is 7.22. The molecule has 2 amide bonds. The summed E-state index contributed by atoms with van der Waals surface area (Å²) in [5.74, 6) is -0.991. The summed E-state index contributed by atoms with van der Waals surface area (Å²) < 4.78 is 48.8. The van der Waals surface area contributed by atoms with Crippen molar-refractivity contribution < 1.29 is 37.3 Å². The molecule has 4 aromatic rings. The van der Waals surface area contributed by atoms with Crippen molar-refractivity contribution in [2.75, 3.05) is 40.2 Å². The van der Waals surface area contributed by atoms with Gasteiger partial charge in [0.1, 0.15) is 5.75 Å². The van der Waals surface area contributed by atoms with E-state index < -0.39 is 12.3 Å². The minimum atomic E-state index is -4.78. The van der Waals surface area contributed by atoms with E-state index in [4.69, 9.17) is 4.74 Å². The Balaban J connectivity index is 0.000000505. The first-order valence-corrected chi connectivity index (χ1v) is 11.8. The standard InChI is InChI=1S/C19H15F3N4O4S.C4H10N2O/c1-29-7-6-26-14-5-2-10(16(27)28)8-13(14)23-17(26)25-18-24-12-4-3-11(9-15(12)31-18)30-19(20,21)22;1-5-4(7)6(2)3/h2-5,8-9H,6-7H2,1H3,(H,27,28)(H,23,24,25);1-3H3,(H,5,7). The number of methoxy groups -OCH3 is 1. The predicted molar refractivity (Wildman–Crippen MR) is 136 cm³/mol. The highest BCUT2D eigenvalue weighted by Gasteiger charge is 2.31. The van der Waals surface area contributed by atoms with Gasteiger partial charge in [-0.05, 0) is 30.3 Å². The number of hydrogen-bond acceptors (Lipinski definition) is 8. The van der Waals surface area contributed by atoms with Crippen molar-refractivity contribution in [3.8, 4) is 5.75 Å². The number of aromatic nitrogens is 3. The first-order chi connectivity index (χ1) is 17.9. The second kappa shape index (κ2) is 12.0. The molecule has 0 radical (unpaired) electrons. The Bertz CT molecular complexity index is 1440. The van der Waals surface area contributed by atoms with E-state index in [0.717, 1.165) is 11.3 Å². The molecule has 38 heavy (non-hydrogen) atoms. The van der Waals surface area contributed by atoms with E-state index in [1.807, 2.05) is 4.57 Å². The molecular formula is C23H25F3N6O5S. The van der Waals surface area contributed by atoms with Crippen LogP contribution in [0.3, 0.4) is 0 Å². The lowest BCUT2D eigenvalue weighted by Gasteiger charge is -2.08. The van der Waals surface area contributed by atoms with E-state index in [0.29, 0.717) is 45.5 Å². The van der Waals surface area contributed by atoms with E-state index in [1.54, 1.807) is 34.3 Å². The van der Waals surface area contributed by atoms with Gasteiger partial charge in [-0.25, -0.2) is 19.6 Å². The number of urea groups is 1. The van der Waals surface area contributed by atoms with Gasteiger partial charge in [0.25, 0.3) is 0 Å². The first-order valence-electron chi connectivity index (χ1n) is 11.0. The van der Waals surface area contributed by atoms with Crippen LogP contribution in [0.2, 0.25) is 0 Å². The smallest absolute Gasteiger partial charge is 0.478 e. The number of aromatic carboxylic acids is 1. The number of carbonyl (C=O) groups excluding carboxylic acids is 1. The molecule has 11 nitrogen and oxygen atoms in total. The molecule has 2 heterocycles. The number of anilines is 2. The molecular weight excluding hydrogens is 529 g/mol. The van der Waals surface area contributed by atoms with Crippen molar-refractivity contribution in [1.82, 2.24) is 24.8 Å². The average molecular weight is 555 g/mol. The second-order valence-electron chi connectivity index (χ2n) is 7.86. The zero-order valence-corrected chi connectivity index (χ0v) is 21.6. The van der Waals surface area contributed by atoms with Crippen molar-refractivity contribution in [2.45, 2.75) is 12.9 Å². The lowest BCUT2D eigenvalue weighted by atomic mass is 10.2. The van der Waals surface area contributed by atoms with E-state index in [-0.39, 0.29) is 17.3 Å². The number of imidazole rings is 1. The number of hydrogen-bond donors (Lipinski definition) is 3. The maximum atomic E-state index is 12.5. The molecule has 0 fully saturated rings. The van der Waals surface area contributed by atoms with Crippen LogP contribution in [-0.4, -0.2) is 77.8 Å². The summed E-state index contributed by atoms with van der Waals surface area (Å²) in [5, 5.41) is 15.1. The molecule has 0 saturated heterocycles. The fraction of sp³-hybridized carbons (Fsp3) is 0.304. The Hall–Kier alpha value is -4.11. The van der Waals surface area contributed by atoms with E-state index >= 15 is 0 Å². The maximum absolute atomic E-state index is 12.5. The van der Waals surface area contributed by atoms with Gasteiger partial charge in [-0.3, -0.25) is 0 Å². The minimum absolute atomic E-state index is 0.0694. The first kappa shape index (κ1) is 28.5. The number of nitrogens with one attached hydrogen (secondary N) is 2. The molecule has 0 aliphatic heterocycles. The number of carboxylic acid groups (broad SMARTS) is 1. The summed E-state index contributed by atoms with van der Waals surface area (Å²) >= 11 is 1.13. The summed E-state index contributed by atoms with van der Waals surface area (Å²) in [7, 11) is 6.54. The van der Waals surface area contributed by atoms with Crippen LogP contribution in [0.15, 0.2) is 36.4 Å². The molecule has 4 rings (SSSR count). The SMILES string of the molecule is CNC(=O)N(C)C.COCCn1c(Nc2nc3ccc(OC(F)(F)F)cc3s2)nc2cc(C(=O)O)ccc21. The van der Waals surface area contributed by atoms with Gasteiger partial charge in [-0.2, -0.15) is 0 Å². The Kier molecular flexibility index (Phi) is 8.96. The number of thiazole rings is 1. The van der Waals surface area contributed by atoms with Crippen LogP contribution in [0.1, 0.15) is 10.4 Å². The predicted octanol–water partition coefficient (Wildman–Crippen LogP) is 4.52. The Morgan fingerprint density at radius 3 is 2.45 bits per heavy atom. The zero-order chi connectivity index (χ0) is 28.0. The number of ether oxygens (including phenoxy) is 2. The summed E-state index contributed by atoms with van der Waals surface area (Å²) in [5.41, 5.74) is 1.77. The van der Waals surface area contributed by atoms with Crippen molar-refractivity contribution in [2.24, 2.45) is 0 Å². The second-order valence-corrected chi connectivity index (χ2v) is 8.89. The Morgan fingerprint density at radius 2 is 1.87 bits per heavy atom. The third-order valence-corrected chi connectivity index (χ3v) is 5.88. The highest BCUT2D eigenvalue weighted by atomic mass is 32.1. The number of amides is 2.